The summed E-state index contributed by atoms with van der Waals surface area (Å²) in [6.07, 6.45) is 4.58. The number of rotatable bonds is 2. The summed E-state index contributed by atoms with van der Waals surface area (Å²) in [6.45, 7) is 0. The summed E-state index contributed by atoms with van der Waals surface area (Å²) < 4.78 is 0. The molecule has 0 saturated heterocycles. The molecule has 1 heterocycles. The molecule has 13 heavy (non-hydrogen) atoms. The topological polar surface area (TPSA) is 28.7 Å². The fraction of sp³-hybridized carbons (Fsp3) is 0.100. The predicted molar refractivity (Wildman–Crippen MR) is 52.8 cm³/mol. The minimum atomic E-state index is 0.779. The van der Waals surface area contributed by atoms with E-state index < -0.39 is 0 Å². The van der Waals surface area contributed by atoms with E-state index in [-0.39, 0.29) is 0 Å². The molecule has 1 aromatic carbocycles. The van der Waals surface area contributed by atoms with Gasteiger partial charge in [-0.2, -0.15) is 5.10 Å². The maximum atomic E-state index is 5.86. The summed E-state index contributed by atoms with van der Waals surface area (Å²) in [6, 6.07) is 7.85. The number of hydrogen-bond acceptors (Lipinski definition) is 1. The van der Waals surface area contributed by atoms with E-state index in [1.54, 1.807) is 0 Å². The van der Waals surface area contributed by atoms with Crippen LogP contribution in [0.5, 0.6) is 0 Å². The van der Waals surface area contributed by atoms with Crippen molar-refractivity contribution < 1.29 is 0 Å². The largest absolute Gasteiger partial charge is 0.285 e. The van der Waals surface area contributed by atoms with Crippen molar-refractivity contribution in [2.45, 2.75) is 6.42 Å². The third-order valence-electron chi connectivity index (χ3n) is 1.85. The number of halogens is 1. The van der Waals surface area contributed by atoms with Gasteiger partial charge in [-0.1, -0.05) is 23.7 Å². The highest BCUT2D eigenvalue weighted by Crippen LogP contribution is 2.13. The third-order valence-corrected chi connectivity index (χ3v) is 2.09. The Morgan fingerprint density at radius 3 is 2.92 bits per heavy atom. The quantitative estimate of drug-likeness (QED) is 0.779. The van der Waals surface area contributed by atoms with Gasteiger partial charge in [0.25, 0.3) is 0 Å². The normalized spacial score (nSPS) is 10.2. The van der Waals surface area contributed by atoms with Gasteiger partial charge in [-0.3, -0.25) is 5.10 Å². The molecule has 2 aromatic rings. The molecule has 3 heteroatoms. The van der Waals surface area contributed by atoms with Crippen LogP contribution in [0, 0.1) is 0 Å². The lowest BCUT2D eigenvalue weighted by molar-refractivity contribution is 1.09. The number of nitrogens with one attached hydrogen (secondary N) is 1. The molecular weight excluding hydrogens is 184 g/mol. The van der Waals surface area contributed by atoms with Gasteiger partial charge in [-0.25, -0.2) is 0 Å². The first-order valence-corrected chi connectivity index (χ1v) is 4.44. The molecule has 0 aliphatic carbocycles. The Bertz CT molecular complexity index is 382. The standard InChI is InChI=1S/C10H9ClN2/c11-10-3-1-2-8(5-10)4-9-6-12-13-7-9/h1-3,5-7H,4H2,(H,12,13). The Morgan fingerprint density at radius 2 is 2.23 bits per heavy atom. The van der Waals surface area contributed by atoms with Gasteiger partial charge >= 0.3 is 0 Å². The second-order valence-electron chi connectivity index (χ2n) is 2.91. The van der Waals surface area contributed by atoms with Crippen LogP contribution < -0.4 is 0 Å². The van der Waals surface area contributed by atoms with Crippen LogP contribution in [0.3, 0.4) is 0 Å². The van der Waals surface area contributed by atoms with Gasteiger partial charge in [-0.05, 0) is 23.3 Å². The third kappa shape index (κ3) is 2.10. The Labute approximate surface area is 81.6 Å². The first-order chi connectivity index (χ1) is 6.34. The molecule has 0 aliphatic rings. The SMILES string of the molecule is Clc1cccc(Cc2cn[nH]c2)c1. The van der Waals surface area contributed by atoms with Crippen LogP contribution in [0.4, 0.5) is 0 Å². The molecule has 66 valence electrons. The summed E-state index contributed by atoms with van der Waals surface area (Å²) in [5.41, 5.74) is 2.37. The minimum Gasteiger partial charge on any atom is -0.285 e. The maximum Gasteiger partial charge on any atom is 0.0522 e. The highest BCUT2D eigenvalue weighted by Gasteiger charge is 1.97. The highest BCUT2D eigenvalue weighted by molar-refractivity contribution is 6.30. The fourth-order valence-corrected chi connectivity index (χ4v) is 1.47. The summed E-state index contributed by atoms with van der Waals surface area (Å²) in [7, 11) is 0. The van der Waals surface area contributed by atoms with E-state index >= 15 is 0 Å². The van der Waals surface area contributed by atoms with Crippen LogP contribution in [0.15, 0.2) is 36.7 Å². The molecule has 2 nitrogen and oxygen atoms in total. The van der Waals surface area contributed by atoms with Gasteiger partial charge in [-0.15, -0.1) is 0 Å². The lowest BCUT2D eigenvalue weighted by atomic mass is 10.1. The molecule has 0 aliphatic heterocycles. The lowest BCUT2D eigenvalue weighted by Crippen LogP contribution is -1.84. The Balaban J connectivity index is 2.19. The minimum absolute atomic E-state index is 0.779. The van der Waals surface area contributed by atoms with Crippen molar-refractivity contribution in [3.63, 3.8) is 0 Å². The van der Waals surface area contributed by atoms with Gasteiger partial charge in [0.15, 0.2) is 0 Å². The van der Waals surface area contributed by atoms with Crippen LogP contribution in [-0.2, 0) is 6.42 Å². The van der Waals surface area contributed by atoms with Crippen molar-refractivity contribution in [2.75, 3.05) is 0 Å². The summed E-state index contributed by atoms with van der Waals surface area (Å²) in [5.74, 6) is 0. The maximum absolute atomic E-state index is 5.86. The Hall–Kier alpha value is -1.28. The number of H-pyrrole nitrogens is 1. The average molecular weight is 193 g/mol. The number of nitrogens with zero attached hydrogens (tertiary/aromatic N) is 1. The van der Waals surface area contributed by atoms with E-state index in [0.717, 1.165) is 11.4 Å². The van der Waals surface area contributed by atoms with Crippen molar-refractivity contribution >= 4 is 11.6 Å². The van der Waals surface area contributed by atoms with E-state index in [4.69, 9.17) is 11.6 Å². The summed E-state index contributed by atoms with van der Waals surface area (Å²) in [4.78, 5) is 0. The lowest BCUT2D eigenvalue weighted by Gasteiger charge is -1.98. The van der Waals surface area contributed by atoms with E-state index in [9.17, 15) is 0 Å². The second kappa shape index (κ2) is 3.62. The molecule has 1 aromatic heterocycles. The van der Waals surface area contributed by atoms with Gasteiger partial charge in [0.1, 0.15) is 0 Å². The number of benzene rings is 1. The highest BCUT2D eigenvalue weighted by atomic mass is 35.5. The van der Waals surface area contributed by atoms with Crippen molar-refractivity contribution in [3.05, 3.63) is 52.8 Å². The zero-order chi connectivity index (χ0) is 9.10. The van der Waals surface area contributed by atoms with Gasteiger partial charge in [0.2, 0.25) is 0 Å². The number of hydrogen-bond donors (Lipinski definition) is 1. The van der Waals surface area contributed by atoms with Gasteiger partial charge in [0.05, 0.1) is 6.20 Å². The number of aromatic nitrogens is 2. The van der Waals surface area contributed by atoms with Crippen LogP contribution in [0.1, 0.15) is 11.1 Å². The van der Waals surface area contributed by atoms with E-state index in [1.807, 2.05) is 30.6 Å². The monoisotopic (exact) mass is 192 g/mol. The van der Waals surface area contributed by atoms with E-state index in [1.165, 1.54) is 11.1 Å². The van der Waals surface area contributed by atoms with E-state index in [2.05, 4.69) is 16.3 Å². The zero-order valence-electron chi connectivity index (χ0n) is 7.00. The predicted octanol–water partition coefficient (Wildman–Crippen LogP) is 2.65. The van der Waals surface area contributed by atoms with Crippen LogP contribution in [0.2, 0.25) is 5.02 Å². The smallest absolute Gasteiger partial charge is 0.0522 e. The van der Waals surface area contributed by atoms with Crippen molar-refractivity contribution in [1.82, 2.24) is 10.2 Å². The van der Waals surface area contributed by atoms with Gasteiger partial charge < -0.3 is 0 Å². The number of aromatic amines is 1. The van der Waals surface area contributed by atoms with Crippen LogP contribution >= 0.6 is 11.6 Å². The summed E-state index contributed by atoms with van der Waals surface area (Å²) >= 11 is 5.86. The molecular formula is C10H9ClN2. The van der Waals surface area contributed by atoms with Crippen molar-refractivity contribution in [3.8, 4) is 0 Å². The molecule has 0 saturated carbocycles. The fourth-order valence-electron chi connectivity index (χ4n) is 1.26. The molecule has 0 unspecified atom stereocenters. The Kier molecular flexibility index (Phi) is 2.32. The van der Waals surface area contributed by atoms with Crippen molar-refractivity contribution in [1.29, 1.82) is 0 Å². The Morgan fingerprint density at radius 1 is 1.31 bits per heavy atom. The first kappa shape index (κ1) is 8.32. The van der Waals surface area contributed by atoms with Crippen LogP contribution in [-0.4, -0.2) is 10.2 Å². The average Bonchev–Trinajstić information content (AvgIpc) is 2.57. The van der Waals surface area contributed by atoms with Gasteiger partial charge in [0, 0.05) is 17.6 Å². The molecule has 0 amide bonds. The van der Waals surface area contributed by atoms with Crippen molar-refractivity contribution in [2.24, 2.45) is 0 Å². The molecule has 1 N–H and O–H groups in total. The van der Waals surface area contributed by atoms with Crippen LogP contribution in [0.25, 0.3) is 0 Å². The molecule has 0 atom stereocenters. The molecule has 0 spiro atoms. The summed E-state index contributed by atoms with van der Waals surface area (Å²) in [5, 5.41) is 7.44. The molecule has 0 radical (unpaired) electrons. The first-order valence-electron chi connectivity index (χ1n) is 4.07. The molecule has 0 fully saturated rings. The molecule has 0 bridgehead atoms. The molecule has 2 rings (SSSR count). The second-order valence-corrected chi connectivity index (χ2v) is 3.35. The zero-order valence-corrected chi connectivity index (χ0v) is 7.75. The van der Waals surface area contributed by atoms with E-state index in [0.29, 0.717) is 0 Å².